The highest BCUT2D eigenvalue weighted by atomic mass is 35.5. The first-order valence-corrected chi connectivity index (χ1v) is 16.0. The first-order valence-electron chi connectivity index (χ1n) is 12.6. The second kappa shape index (κ2) is 9.17. The van der Waals surface area contributed by atoms with Crippen LogP contribution in [0.15, 0.2) is 70.7 Å². The van der Waals surface area contributed by atoms with Crippen molar-refractivity contribution >= 4 is 54.1 Å². The van der Waals surface area contributed by atoms with E-state index in [1.807, 2.05) is 0 Å². The number of hydrogen-bond donors (Lipinski definition) is 0. The summed E-state index contributed by atoms with van der Waals surface area (Å²) >= 11 is 6.66. The third-order valence-electron chi connectivity index (χ3n) is 7.47. The summed E-state index contributed by atoms with van der Waals surface area (Å²) in [5.74, 6) is 1.19. The lowest BCUT2D eigenvalue weighted by atomic mass is 10.1. The van der Waals surface area contributed by atoms with Crippen molar-refractivity contribution in [1.29, 1.82) is 0 Å². The Morgan fingerprint density at radius 1 is 0.897 bits per heavy atom. The van der Waals surface area contributed by atoms with Gasteiger partial charge >= 0.3 is 0 Å². The molecule has 39 heavy (non-hydrogen) atoms. The van der Waals surface area contributed by atoms with Crippen molar-refractivity contribution in [3.05, 3.63) is 65.9 Å². The summed E-state index contributed by atoms with van der Waals surface area (Å²) in [4.78, 5) is 13.1. The largest absolute Gasteiger partial charge is 0.345 e. The van der Waals surface area contributed by atoms with Gasteiger partial charge in [0.05, 0.1) is 36.5 Å². The Morgan fingerprint density at radius 2 is 1.56 bits per heavy atom. The summed E-state index contributed by atoms with van der Waals surface area (Å²) in [5, 5.41) is 5.01. The van der Waals surface area contributed by atoms with E-state index in [2.05, 4.69) is 24.9 Å². The molecule has 0 unspecified atom stereocenters. The van der Waals surface area contributed by atoms with Crippen LogP contribution in [0.4, 0.5) is 11.8 Å². The highest BCUT2D eigenvalue weighted by molar-refractivity contribution is 7.92. The fourth-order valence-electron chi connectivity index (χ4n) is 5.13. The van der Waals surface area contributed by atoms with E-state index in [0.29, 0.717) is 47.3 Å². The van der Waals surface area contributed by atoms with Gasteiger partial charge in [0.25, 0.3) is 10.0 Å². The van der Waals surface area contributed by atoms with E-state index in [4.69, 9.17) is 11.6 Å². The van der Waals surface area contributed by atoms with E-state index in [1.165, 1.54) is 24.3 Å². The molecule has 4 aromatic rings. The smallest absolute Gasteiger partial charge is 0.283 e. The molecule has 1 aliphatic carbocycles. The molecule has 1 spiro atoms. The Labute approximate surface area is 232 Å². The first-order chi connectivity index (χ1) is 18.5. The van der Waals surface area contributed by atoms with Crippen LogP contribution in [0, 0.1) is 0 Å². The maximum atomic E-state index is 13.8. The number of piperazine rings is 1. The normalized spacial score (nSPS) is 17.3. The van der Waals surface area contributed by atoms with Crippen molar-refractivity contribution in [3.63, 3.8) is 0 Å². The highest BCUT2D eigenvalue weighted by Crippen LogP contribution is 2.49. The number of sulfone groups is 1. The third-order valence-corrected chi connectivity index (χ3v) is 11.6. The average Bonchev–Trinajstić information content (AvgIpc) is 3.57. The molecular formula is C26H27ClN6O4S2. The van der Waals surface area contributed by atoms with Crippen LogP contribution in [-0.2, 0) is 19.9 Å². The number of halogens is 1. The van der Waals surface area contributed by atoms with Crippen molar-refractivity contribution in [2.24, 2.45) is 0 Å². The number of hydrogen-bond acceptors (Lipinski definition) is 9. The zero-order chi connectivity index (χ0) is 27.6. The van der Waals surface area contributed by atoms with Gasteiger partial charge in [-0.1, -0.05) is 17.7 Å². The zero-order valence-corrected chi connectivity index (χ0v) is 23.8. The van der Waals surface area contributed by atoms with Gasteiger partial charge in [0.15, 0.2) is 15.7 Å². The van der Waals surface area contributed by atoms with Crippen LogP contribution in [0.2, 0.25) is 5.02 Å². The van der Waals surface area contributed by atoms with Gasteiger partial charge in [0.1, 0.15) is 0 Å². The van der Waals surface area contributed by atoms with E-state index >= 15 is 0 Å². The number of benzene rings is 2. The molecule has 2 aromatic carbocycles. The molecule has 1 aliphatic heterocycles. The Hall–Kier alpha value is -3.22. The second-order valence-corrected chi connectivity index (χ2v) is 14.9. The summed E-state index contributed by atoms with van der Waals surface area (Å²) in [6.45, 7) is 5.09. The van der Waals surface area contributed by atoms with Crippen molar-refractivity contribution in [2.45, 2.75) is 47.3 Å². The van der Waals surface area contributed by atoms with E-state index in [1.54, 1.807) is 50.5 Å². The molecule has 2 fully saturated rings. The number of fused-ring (bicyclic) bond motifs is 1. The number of rotatable bonds is 6. The second-order valence-electron chi connectivity index (χ2n) is 10.2. The molecule has 0 amide bonds. The van der Waals surface area contributed by atoms with Gasteiger partial charge in [-0.3, -0.25) is 0 Å². The molecule has 1 saturated carbocycles. The average molecular weight is 587 g/mol. The quantitative estimate of drug-likeness (QED) is 0.333. The van der Waals surface area contributed by atoms with E-state index in [9.17, 15) is 16.8 Å². The molecule has 0 atom stereocenters. The number of nitrogens with zero attached hydrogens (tertiary/aromatic N) is 6. The van der Waals surface area contributed by atoms with Crippen LogP contribution in [0.3, 0.4) is 0 Å². The molecule has 3 heterocycles. The van der Waals surface area contributed by atoms with Gasteiger partial charge < -0.3 is 9.80 Å². The zero-order valence-electron chi connectivity index (χ0n) is 21.4. The Morgan fingerprint density at radius 3 is 2.21 bits per heavy atom. The van der Waals surface area contributed by atoms with Crippen molar-refractivity contribution in [1.82, 2.24) is 19.2 Å². The fraction of sp³-hybridized carbons (Fsp3) is 0.346. The lowest BCUT2D eigenvalue weighted by molar-refractivity contribution is 0.498. The number of anilines is 2. The lowest BCUT2D eigenvalue weighted by Gasteiger charge is -2.42. The van der Waals surface area contributed by atoms with Gasteiger partial charge in [-0.2, -0.15) is 12.5 Å². The van der Waals surface area contributed by atoms with Gasteiger partial charge in [0.2, 0.25) is 5.95 Å². The fourth-order valence-corrected chi connectivity index (χ4v) is 7.72. The molecule has 0 bridgehead atoms. The van der Waals surface area contributed by atoms with Crippen LogP contribution < -0.4 is 9.80 Å². The van der Waals surface area contributed by atoms with Crippen LogP contribution in [-0.4, -0.2) is 66.4 Å². The van der Waals surface area contributed by atoms with Gasteiger partial charge in [-0.15, -0.1) is 5.10 Å². The SMILES string of the molecule is CC(C)S(=O)(=O)c1ccc(S(=O)(=O)n2nc(N3CCN(c4ncccn4)CC34CC4)c3c(Cl)cccc32)cc1. The monoisotopic (exact) mass is 586 g/mol. The van der Waals surface area contributed by atoms with Gasteiger partial charge in [-0.25, -0.2) is 18.4 Å². The third kappa shape index (κ3) is 4.25. The minimum Gasteiger partial charge on any atom is -0.345 e. The minimum absolute atomic E-state index is 0.0617. The van der Waals surface area contributed by atoms with Gasteiger partial charge in [0, 0.05) is 32.0 Å². The van der Waals surface area contributed by atoms with E-state index in [-0.39, 0.29) is 15.3 Å². The van der Waals surface area contributed by atoms with Crippen LogP contribution >= 0.6 is 11.6 Å². The topological polar surface area (TPSA) is 118 Å². The predicted octanol–water partition coefficient (Wildman–Crippen LogP) is 3.76. The van der Waals surface area contributed by atoms with Crippen molar-refractivity contribution in [2.75, 3.05) is 29.4 Å². The minimum atomic E-state index is -4.16. The maximum Gasteiger partial charge on any atom is 0.283 e. The summed E-state index contributed by atoms with van der Waals surface area (Å²) in [6, 6.07) is 12.2. The van der Waals surface area contributed by atoms with E-state index < -0.39 is 25.1 Å². The summed E-state index contributed by atoms with van der Waals surface area (Å²) in [6.07, 6.45) is 5.29. The van der Waals surface area contributed by atoms with Crippen molar-refractivity contribution < 1.29 is 16.8 Å². The molecule has 0 N–H and O–H groups in total. The molecule has 1 saturated heterocycles. The van der Waals surface area contributed by atoms with E-state index in [0.717, 1.165) is 16.9 Å². The summed E-state index contributed by atoms with van der Waals surface area (Å²) < 4.78 is 53.7. The predicted molar refractivity (Wildman–Crippen MR) is 150 cm³/mol. The molecular weight excluding hydrogens is 560 g/mol. The standard InChI is InChI=1S/C26H27ClN6O4S2/c1-18(2)38(34,35)19-7-9-20(10-8-19)39(36,37)33-22-6-3-5-21(27)23(22)24(30-33)32-16-15-31(17-26(32)11-12-26)25-28-13-4-14-29-25/h3-10,13-14,18H,11-12,15-17H2,1-2H3. The van der Waals surface area contributed by atoms with Gasteiger partial charge in [-0.05, 0) is 69.2 Å². The lowest BCUT2D eigenvalue weighted by Crippen LogP contribution is -2.56. The summed E-state index contributed by atoms with van der Waals surface area (Å²) in [5.41, 5.74) is 0.139. The molecule has 6 rings (SSSR count). The van der Waals surface area contributed by atoms with Crippen molar-refractivity contribution in [3.8, 4) is 0 Å². The molecule has 2 aromatic heterocycles. The highest BCUT2D eigenvalue weighted by Gasteiger charge is 2.53. The first kappa shape index (κ1) is 26.0. The molecule has 2 aliphatic rings. The van der Waals surface area contributed by atoms with Crippen LogP contribution in [0.25, 0.3) is 10.9 Å². The van der Waals surface area contributed by atoms with Crippen LogP contribution in [0.1, 0.15) is 26.7 Å². The number of aromatic nitrogens is 4. The molecule has 204 valence electrons. The summed E-state index contributed by atoms with van der Waals surface area (Å²) in [7, 11) is -7.70. The molecule has 13 heteroatoms. The Balaban J connectivity index is 1.41. The molecule has 10 nitrogen and oxygen atoms in total. The van der Waals surface area contributed by atoms with Crippen LogP contribution in [0.5, 0.6) is 0 Å². The Bertz CT molecular complexity index is 1770. The maximum absolute atomic E-state index is 13.8. The Kier molecular flexibility index (Phi) is 6.12. The molecule has 0 radical (unpaired) electrons.